The molecule has 0 saturated carbocycles. The number of urea groups is 1. The number of primary amides is 1. The molecule has 1 aromatic heterocycles. The lowest BCUT2D eigenvalue weighted by molar-refractivity contribution is -0.139. The largest absolute Gasteiger partial charge is 0.480 e. The summed E-state index contributed by atoms with van der Waals surface area (Å²) in [4.78, 5) is 34.5. The van der Waals surface area contributed by atoms with E-state index in [1.54, 1.807) is 11.3 Å². The van der Waals surface area contributed by atoms with Gasteiger partial charge < -0.3 is 21.5 Å². The molecule has 5 N–H and O–H groups in total. The fraction of sp³-hybridized carbons (Fsp3) is 0.462. The predicted octanol–water partition coefficient (Wildman–Crippen LogP) is 0.697. The number of thiophene rings is 1. The number of carboxylic acid groups (broad SMARTS) is 1. The maximum Gasteiger partial charge on any atom is 0.326 e. The third kappa shape index (κ3) is 6.75. The Labute approximate surface area is 126 Å². The molecule has 21 heavy (non-hydrogen) atoms. The summed E-state index contributed by atoms with van der Waals surface area (Å²) < 4.78 is 0. The molecule has 0 radical (unpaired) electrons. The van der Waals surface area contributed by atoms with E-state index in [0.717, 1.165) is 4.88 Å². The second-order valence-corrected chi connectivity index (χ2v) is 5.73. The zero-order valence-corrected chi connectivity index (χ0v) is 12.5. The van der Waals surface area contributed by atoms with Crippen molar-refractivity contribution in [3.05, 3.63) is 22.4 Å². The van der Waals surface area contributed by atoms with Crippen LogP contribution in [0.2, 0.25) is 0 Å². The van der Waals surface area contributed by atoms with Crippen LogP contribution in [0.5, 0.6) is 0 Å². The molecule has 7 nitrogen and oxygen atoms in total. The van der Waals surface area contributed by atoms with E-state index >= 15 is 0 Å². The molecule has 2 atom stereocenters. The number of nitrogens with one attached hydrogen (secondary N) is 2. The van der Waals surface area contributed by atoms with Crippen LogP contribution in [-0.4, -0.2) is 35.1 Å². The summed E-state index contributed by atoms with van der Waals surface area (Å²) >= 11 is 1.59. The molecule has 0 saturated heterocycles. The molecule has 0 fully saturated rings. The molecule has 1 aromatic rings. The summed E-state index contributed by atoms with van der Waals surface area (Å²) in [6, 6.07) is 2.06. The predicted molar refractivity (Wildman–Crippen MR) is 79.0 cm³/mol. The van der Waals surface area contributed by atoms with E-state index < -0.39 is 23.9 Å². The van der Waals surface area contributed by atoms with Crippen molar-refractivity contribution >= 4 is 29.2 Å². The van der Waals surface area contributed by atoms with Crippen LogP contribution in [0, 0.1) is 0 Å². The fourth-order valence-electron chi connectivity index (χ4n) is 1.75. The molecule has 8 heteroatoms. The quantitative estimate of drug-likeness (QED) is 0.564. The van der Waals surface area contributed by atoms with Gasteiger partial charge in [0, 0.05) is 23.8 Å². The first-order chi connectivity index (χ1) is 9.88. The van der Waals surface area contributed by atoms with Gasteiger partial charge in [0.1, 0.15) is 6.04 Å². The molecule has 1 heterocycles. The molecular weight excluding hydrogens is 294 g/mol. The molecule has 2 unspecified atom stereocenters. The van der Waals surface area contributed by atoms with Crippen molar-refractivity contribution in [2.45, 2.75) is 38.3 Å². The zero-order valence-electron chi connectivity index (χ0n) is 11.7. The average molecular weight is 313 g/mol. The first-order valence-electron chi connectivity index (χ1n) is 6.49. The number of carboxylic acids is 1. The normalized spacial score (nSPS) is 13.2. The van der Waals surface area contributed by atoms with Crippen LogP contribution < -0.4 is 16.4 Å². The molecule has 1 rings (SSSR count). The van der Waals surface area contributed by atoms with E-state index in [0.29, 0.717) is 6.42 Å². The second kappa shape index (κ2) is 8.25. The molecule has 0 bridgehead atoms. The maximum atomic E-state index is 11.7. The Bertz CT molecular complexity index is 490. The Morgan fingerprint density at radius 1 is 1.38 bits per heavy atom. The maximum absolute atomic E-state index is 11.7. The number of hydrogen-bond acceptors (Lipinski definition) is 4. The number of rotatable bonds is 8. The van der Waals surface area contributed by atoms with Gasteiger partial charge in [0.25, 0.3) is 0 Å². The van der Waals surface area contributed by atoms with Gasteiger partial charge in [-0.25, -0.2) is 9.59 Å². The highest BCUT2D eigenvalue weighted by molar-refractivity contribution is 7.09. The van der Waals surface area contributed by atoms with E-state index in [1.807, 2.05) is 24.4 Å². The molecule has 3 amide bonds. The summed E-state index contributed by atoms with van der Waals surface area (Å²) in [5.74, 6) is -1.80. The summed E-state index contributed by atoms with van der Waals surface area (Å²) in [5, 5.41) is 15.9. The van der Waals surface area contributed by atoms with Gasteiger partial charge in [0.15, 0.2) is 0 Å². The van der Waals surface area contributed by atoms with Crippen molar-refractivity contribution < 1.29 is 19.5 Å². The number of carbonyl (C=O) groups excluding carboxylic acids is 2. The van der Waals surface area contributed by atoms with E-state index in [-0.39, 0.29) is 18.9 Å². The molecule has 116 valence electrons. The Kier molecular flexibility index (Phi) is 6.67. The van der Waals surface area contributed by atoms with Gasteiger partial charge >= 0.3 is 12.0 Å². The van der Waals surface area contributed by atoms with Crippen molar-refractivity contribution in [1.29, 1.82) is 0 Å². The fourth-order valence-corrected chi connectivity index (χ4v) is 2.58. The van der Waals surface area contributed by atoms with Gasteiger partial charge in [0.05, 0.1) is 0 Å². The molecular formula is C13H19N3O4S. The lowest BCUT2D eigenvalue weighted by atomic mass is 10.1. The Morgan fingerprint density at radius 3 is 2.62 bits per heavy atom. The minimum absolute atomic E-state index is 0.0304. The smallest absolute Gasteiger partial charge is 0.326 e. The van der Waals surface area contributed by atoms with Crippen LogP contribution in [0.1, 0.15) is 24.6 Å². The van der Waals surface area contributed by atoms with Crippen molar-refractivity contribution in [3.8, 4) is 0 Å². The van der Waals surface area contributed by atoms with Crippen LogP contribution in [0.3, 0.4) is 0 Å². The van der Waals surface area contributed by atoms with Crippen LogP contribution in [0.25, 0.3) is 0 Å². The third-order valence-corrected chi connectivity index (χ3v) is 3.65. The highest BCUT2D eigenvalue weighted by Crippen LogP contribution is 2.10. The first kappa shape index (κ1) is 17.0. The van der Waals surface area contributed by atoms with Gasteiger partial charge in [-0.05, 0) is 24.8 Å². The van der Waals surface area contributed by atoms with Gasteiger partial charge in [-0.3, -0.25) is 4.79 Å². The standard InChI is InChI=1S/C13H19N3O4S/c1-8(7-9-3-2-6-21-9)15-13(20)16-10(12(18)19)4-5-11(14)17/h2-3,6,8,10H,4-5,7H2,1H3,(H2,14,17)(H,18,19)(H2,15,16,20). The number of nitrogens with two attached hydrogens (primary N) is 1. The van der Waals surface area contributed by atoms with Crippen LogP contribution in [0.15, 0.2) is 17.5 Å². The van der Waals surface area contributed by atoms with Crippen molar-refractivity contribution in [2.24, 2.45) is 5.73 Å². The number of amides is 3. The van der Waals surface area contributed by atoms with Crippen LogP contribution in [-0.2, 0) is 16.0 Å². The molecule has 0 aromatic carbocycles. The summed E-state index contributed by atoms with van der Waals surface area (Å²) in [6.45, 7) is 1.83. The summed E-state index contributed by atoms with van der Waals surface area (Å²) in [7, 11) is 0. The summed E-state index contributed by atoms with van der Waals surface area (Å²) in [6.07, 6.45) is 0.545. The van der Waals surface area contributed by atoms with Gasteiger partial charge in [0.2, 0.25) is 5.91 Å². The van der Waals surface area contributed by atoms with E-state index in [9.17, 15) is 14.4 Å². The third-order valence-electron chi connectivity index (χ3n) is 2.75. The topological polar surface area (TPSA) is 122 Å². The first-order valence-corrected chi connectivity index (χ1v) is 7.37. The van der Waals surface area contributed by atoms with E-state index in [4.69, 9.17) is 10.8 Å². The van der Waals surface area contributed by atoms with Gasteiger partial charge in [-0.2, -0.15) is 0 Å². The molecule has 0 spiro atoms. The van der Waals surface area contributed by atoms with Crippen molar-refractivity contribution in [3.63, 3.8) is 0 Å². The number of carbonyl (C=O) groups is 3. The zero-order chi connectivity index (χ0) is 15.8. The number of hydrogen-bond donors (Lipinski definition) is 4. The number of aliphatic carboxylic acids is 1. The van der Waals surface area contributed by atoms with E-state index in [1.165, 1.54) is 0 Å². The van der Waals surface area contributed by atoms with Crippen LogP contribution in [0.4, 0.5) is 4.79 Å². The second-order valence-electron chi connectivity index (χ2n) is 4.70. The molecule has 0 aliphatic heterocycles. The highest BCUT2D eigenvalue weighted by Gasteiger charge is 2.21. The Morgan fingerprint density at radius 2 is 2.10 bits per heavy atom. The Balaban J connectivity index is 2.42. The van der Waals surface area contributed by atoms with Crippen molar-refractivity contribution in [2.75, 3.05) is 0 Å². The van der Waals surface area contributed by atoms with Crippen LogP contribution >= 0.6 is 11.3 Å². The SMILES string of the molecule is CC(Cc1cccs1)NC(=O)NC(CCC(N)=O)C(=O)O. The lowest BCUT2D eigenvalue weighted by Crippen LogP contribution is -2.49. The average Bonchev–Trinajstić information content (AvgIpc) is 2.86. The lowest BCUT2D eigenvalue weighted by Gasteiger charge is -2.17. The van der Waals surface area contributed by atoms with Gasteiger partial charge in [-0.1, -0.05) is 6.07 Å². The van der Waals surface area contributed by atoms with Gasteiger partial charge in [-0.15, -0.1) is 11.3 Å². The Hall–Kier alpha value is -2.09. The monoisotopic (exact) mass is 313 g/mol. The van der Waals surface area contributed by atoms with E-state index in [2.05, 4.69) is 10.6 Å². The summed E-state index contributed by atoms with van der Waals surface area (Å²) in [5.41, 5.74) is 4.97. The molecule has 0 aliphatic rings. The van der Waals surface area contributed by atoms with Crippen molar-refractivity contribution in [1.82, 2.24) is 10.6 Å². The highest BCUT2D eigenvalue weighted by atomic mass is 32.1. The minimum Gasteiger partial charge on any atom is -0.480 e. The minimum atomic E-state index is -1.20. The molecule has 0 aliphatic carbocycles.